The van der Waals surface area contributed by atoms with E-state index in [0.717, 1.165) is 13.1 Å². The van der Waals surface area contributed by atoms with E-state index < -0.39 is 0 Å². The Hall–Kier alpha value is -2.47. The molecular weight excluding hydrogens is 268 g/mol. The van der Waals surface area contributed by atoms with Crippen molar-refractivity contribution in [2.45, 2.75) is 0 Å². The molecule has 1 saturated heterocycles. The summed E-state index contributed by atoms with van der Waals surface area (Å²) in [5.41, 5.74) is 0.691. The highest BCUT2D eigenvalue weighted by Gasteiger charge is 2.20. The van der Waals surface area contributed by atoms with Gasteiger partial charge in [0.2, 0.25) is 0 Å². The summed E-state index contributed by atoms with van der Waals surface area (Å²) in [6, 6.07) is 12.0. The molecule has 0 atom stereocenters. The van der Waals surface area contributed by atoms with Crippen molar-refractivity contribution in [1.29, 1.82) is 0 Å². The van der Waals surface area contributed by atoms with Crippen molar-refractivity contribution in [2.75, 3.05) is 26.2 Å². The fraction of sp³-hybridized carbons (Fsp3) is 0.267. The molecule has 1 aliphatic rings. The van der Waals surface area contributed by atoms with Gasteiger partial charge in [-0.1, -0.05) is 18.2 Å². The molecule has 108 valence electrons. The Labute approximate surface area is 122 Å². The third-order valence-corrected chi connectivity index (χ3v) is 3.42. The fourth-order valence-electron chi connectivity index (χ4n) is 2.31. The number of hydrogen-bond donors (Lipinski definition) is 1. The molecule has 0 radical (unpaired) electrons. The second-order valence-corrected chi connectivity index (χ2v) is 4.85. The first kappa shape index (κ1) is 13.5. The van der Waals surface area contributed by atoms with E-state index in [4.69, 9.17) is 0 Å². The number of hydrogen-bond acceptors (Lipinski definition) is 4. The maximum Gasteiger partial charge on any atom is 0.274 e. The van der Waals surface area contributed by atoms with Crippen LogP contribution in [0.4, 0.5) is 0 Å². The van der Waals surface area contributed by atoms with Crippen LogP contribution in [-0.4, -0.2) is 46.8 Å². The van der Waals surface area contributed by atoms with Crippen molar-refractivity contribution in [3.63, 3.8) is 0 Å². The minimum atomic E-state index is -0.252. The fourth-order valence-corrected chi connectivity index (χ4v) is 2.31. The maximum atomic E-state index is 12.4. The molecule has 2 heterocycles. The van der Waals surface area contributed by atoms with Crippen LogP contribution in [0.1, 0.15) is 10.5 Å². The number of carbonyl (C=O) groups excluding carboxylic acids is 1. The van der Waals surface area contributed by atoms with E-state index in [2.05, 4.69) is 10.4 Å². The smallest absolute Gasteiger partial charge is 0.274 e. The lowest BCUT2D eigenvalue weighted by molar-refractivity contribution is 0.0728. The number of carbonyl (C=O) groups is 1. The van der Waals surface area contributed by atoms with E-state index in [1.165, 1.54) is 16.8 Å². The van der Waals surface area contributed by atoms with Gasteiger partial charge < -0.3 is 10.2 Å². The van der Waals surface area contributed by atoms with Gasteiger partial charge in [0.05, 0.1) is 5.69 Å². The minimum absolute atomic E-state index is 0.138. The van der Waals surface area contributed by atoms with Crippen LogP contribution in [0.2, 0.25) is 0 Å². The second-order valence-electron chi connectivity index (χ2n) is 4.85. The zero-order chi connectivity index (χ0) is 14.7. The van der Waals surface area contributed by atoms with Crippen LogP contribution in [0.5, 0.6) is 0 Å². The number of rotatable bonds is 2. The van der Waals surface area contributed by atoms with E-state index in [1.807, 2.05) is 18.2 Å². The zero-order valence-corrected chi connectivity index (χ0v) is 11.5. The number of para-hydroxylation sites is 1. The molecule has 6 heteroatoms. The van der Waals surface area contributed by atoms with Crippen molar-refractivity contribution in [2.24, 2.45) is 0 Å². The van der Waals surface area contributed by atoms with Crippen LogP contribution in [-0.2, 0) is 0 Å². The number of amides is 1. The second kappa shape index (κ2) is 5.88. The van der Waals surface area contributed by atoms with E-state index in [0.29, 0.717) is 24.5 Å². The number of piperazine rings is 1. The molecule has 1 N–H and O–H groups in total. The Kier molecular flexibility index (Phi) is 3.79. The van der Waals surface area contributed by atoms with Crippen LogP contribution >= 0.6 is 0 Å². The topological polar surface area (TPSA) is 67.2 Å². The van der Waals surface area contributed by atoms with Gasteiger partial charge in [0.15, 0.2) is 0 Å². The van der Waals surface area contributed by atoms with Crippen LogP contribution in [0.25, 0.3) is 5.69 Å². The van der Waals surface area contributed by atoms with Crippen molar-refractivity contribution in [3.8, 4) is 5.69 Å². The number of nitrogens with one attached hydrogen (secondary N) is 1. The number of aromatic nitrogens is 2. The highest BCUT2D eigenvalue weighted by Crippen LogP contribution is 2.05. The van der Waals surface area contributed by atoms with Gasteiger partial charge in [-0.2, -0.15) is 9.78 Å². The van der Waals surface area contributed by atoms with Gasteiger partial charge in [0.1, 0.15) is 5.69 Å². The average molecular weight is 284 g/mol. The summed E-state index contributed by atoms with van der Waals surface area (Å²) in [5.74, 6) is -0.138. The predicted octanol–water partition coefficient (Wildman–Crippen LogP) is 0.278. The molecule has 6 nitrogen and oxygen atoms in total. The summed E-state index contributed by atoms with van der Waals surface area (Å²) in [4.78, 5) is 26.1. The summed E-state index contributed by atoms with van der Waals surface area (Å²) in [7, 11) is 0. The third-order valence-electron chi connectivity index (χ3n) is 3.42. The number of nitrogens with zero attached hydrogens (tertiary/aromatic N) is 3. The lowest BCUT2D eigenvalue weighted by atomic mass is 10.3. The van der Waals surface area contributed by atoms with Crippen molar-refractivity contribution in [1.82, 2.24) is 20.0 Å². The Morgan fingerprint density at radius 3 is 2.48 bits per heavy atom. The van der Waals surface area contributed by atoms with Crippen LogP contribution < -0.4 is 10.9 Å². The van der Waals surface area contributed by atoms with Crippen molar-refractivity contribution >= 4 is 5.91 Å². The van der Waals surface area contributed by atoms with Crippen LogP contribution in [0.15, 0.2) is 47.3 Å². The quantitative estimate of drug-likeness (QED) is 0.860. The Balaban J connectivity index is 1.94. The maximum absolute atomic E-state index is 12.4. The summed E-state index contributed by atoms with van der Waals surface area (Å²) >= 11 is 0. The molecule has 0 spiro atoms. The van der Waals surface area contributed by atoms with E-state index in [1.54, 1.807) is 17.0 Å². The molecular formula is C15H16N4O2. The van der Waals surface area contributed by atoms with Gasteiger partial charge in [0.25, 0.3) is 11.5 Å². The highest BCUT2D eigenvalue weighted by atomic mass is 16.2. The molecule has 1 aromatic carbocycles. The third kappa shape index (κ3) is 2.85. The molecule has 0 bridgehead atoms. The molecule has 0 saturated carbocycles. The van der Waals surface area contributed by atoms with Crippen LogP contribution in [0, 0.1) is 0 Å². The molecule has 1 fully saturated rings. The largest absolute Gasteiger partial charge is 0.335 e. The van der Waals surface area contributed by atoms with Gasteiger partial charge in [-0.3, -0.25) is 9.59 Å². The SMILES string of the molecule is O=C(c1ccc(=O)n(-c2ccccc2)n1)N1CCNCC1. The molecule has 1 amide bonds. The van der Waals surface area contributed by atoms with E-state index in [9.17, 15) is 9.59 Å². The molecule has 0 unspecified atom stereocenters. The lowest BCUT2D eigenvalue weighted by Crippen LogP contribution is -2.46. The summed E-state index contributed by atoms with van der Waals surface area (Å²) in [5, 5.41) is 7.41. The summed E-state index contributed by atoms with van der Waals surface area (Å²) < 4.78 is 1.26. The van der Waals surface area contributed by atoms with E-state index in [-0.39, 0.29) is 11.5 Å². The Morgan fingerprint density at radius 2 is 1.76 bits per heavy atom. The van der Waals surface area contributed by atoms with Gasteiger partial charge >= 0.3 is 0 Å². The summed E-state index contributed by atoms with van der Waals surface area (Å²) in [6.07, 6.45) is 0. The summed E-state index contributed by atoms with van der Waals surface area (Å²) in [6.45, 7) is 2.88. The first-order valence-corrected chi connectivity index (χ1v) is 6.91. The van der Waals surface area contributed by atoms with Gasteiger partial charge in [0, 0.05) is 32.2 Å². The average Bonchev–Trinajstić information content (AvgIpc) is 2.56. The molecule has 1 aromatic heterocycles. The molecule has 0 aliphatic carbocycles. The Morgan fingerprint density at radius 1 is 1.05 bits per heavy atom. The molecule has 3 rings (SSSR count). The predicted molar refractivity (Wildman–Crippen MR) is 78.6 cm³/mol. The van der Waals surface area contributed by atoms with E-state index >= 15 is 0 Å². The van der Waals surface area contributed by atoms with Gasteiger partial charge in [-0.25, -0.2) is 0 Å². The normalized spacial score (nSPS) is 15.0. The standard InChI is InChI=1S/C15H16N4O2/c20-14-7-6-13(15(21)18-10-8-16-9-11-18)17-19(14)12-4-2-1-3-5-12/h1-7,16H,8-11H2. The Bertz CT molecular complexity index is 690. The molecule has 1 aliphatic heterocycles. The first-order valence-electron chi connectivity index (χ1n) is 6.91. The van der Waals surface area contributed by atoms with Gasteiger partial charge in [-0.15, -0.1) is 0 Å². The minimum Gasteiger partial charge on any atom is -0.335 e. The van der Waals surface area contributed by atoms with Crippen LogP contribution in [0.3, 0.4) is 0 Å². The molecule has 2 aromatic rings. The van der Waals surface area contributed by atoms with Gasteiger partial charge in [-0.05, 0) is 18.2 Å². The monoisotopic (exact) mass is 284 g/mol. The zero-order valence-electron chi connectivity index (χ0n) is 11.5. The van der Waals surface area contributed by atoms with Crippen molar-refractivity contribution < 1.29 is 4.79 Å². The first-order chi connectivity index (χ1) is 10.3. The lowest BCUT2D eigenvalue weighted by Gasteiger charge is -2.27. The van der Waals surface area contributed by atoms with Crippen molar-refractivity contribution in [3.05, 3.63) is 58.5 Å². The number of benzene rings is 1. The highest BCUT2D eigenvalue weighted by molar-refractivity contribution is 5.92. The molecule has 21 heavy (non-hydrogen) atoms.